The summed E-state index contributed by atoms with van der Waals surface area (Å²) in [6.07, 6.45) is 10.3. The number of nitrogens with one attached hydrogen (secondary N) is 1. The fourth-order valence-electron chi connectivity index (χ4n) is 2.84. The maximum atomic E-state index is 4.23. The molecule has 1 unspecified atom stereocenters. The van der Waals surface area contributed by atoms with Gasteiger partial charge >= 0.3 is 0 Å². The van der Waals surface area contributed by atoms with Gasteiger partial charge in [-0.25, -0.2) is 0 Å². The number of unbranched alkanes of at least 4 members (excludes halogenated alkanes) is 3. The molecule has 0 aliphatic heterocycles. The fourth-order valence-corrected chi connectivity index (χ4v) is 2.84. The number of fused-ring (bicyclic) bond motifs is 1. The Morgan fingerprint density at radius 1 is 1.10 bits per heavy atom. The first-order valence-electron chi connectivity index (χ1n) is 7.92. The van der Waals surface area contributed by atoms with Crippen molar-refractivity contribution < 1.29 is 0 Å². The fraction of sp³-hybridized carbons (Fsp3) is 0.500. The molecule has 0 fully saturated rings. The SMILES string of the molecule is CCCCCCC(NCC)c1cccc2cnccc12. The van der Waals surface area contributed by atoms with Crippen molar-refractivity contribution in [2.75, 3.05) is 6.54 Å². The number of hydrogen-bond acceptors (Lipinski definition) is 2. The highest BCUT2D eigenvalue weighted by Crippen LogP contribution is 2.27. The summed E-state index contributed by atoms with van der Waals surface area (Å²) in [5.74, 6) is 0. The molecule has 0 amide bonds. The molecule has 0 saturated heterocycles. The van der Waals surface area contributed by atoms with E-state index in [1.165, 1.54) is 48.4 Å². The molecule has 1 aromatic heterocycles. The highest BCUT2D eigenvalue weighted by atomic mass is 14.9. The molecular formula is C18H26N2. The average molecular weight is 270 g/mol. The van der Waals surface area contributed by atoms with Crippen LogP contribution in [0.25, 0.3) is 10.8 Å². The van der Waals surface area contributed by atoms with Crippen LogP contribution in [0.4, 0.5) is 0 Å². The van der Waals surface area contributed by atoms with Crippen LogP contribution in [0.15, 0.2) is 36.7 Å². The van der Waals surface area contributed by atoms with Crippen LogP contribution >= 0.6 is 0 Å². The summed E-state index contributed by atoms with van der Waals surface area (Å²) in [4.78, 5) is 4.23. The number of aromatic nitrogens is 1. The lowest BCUT2D eigenvalue weighted by Gasteiger charge is -2.20. The second kappa shape index (κ2) is 8.01. The van der Waals surface area contributed by atoms with E-state index in [-0.39, 0.29) is 0 Å². The Balaban J connectivity index is 2.18. The number of rotatable bonds is 8. The second-order valence-electron chi connectivity index (χ2n) is 5.40. The van der Waals surface area contributed by atoms with Gasteiger partial charge in [-0.3, -0.25) is 4.98 Å². The minimum atomic E-state index is 0.461. The number of pyridine rings is 1. The molecule has 108 valence electrons. The van der Waals surface area contributed by atoms with Gasteiger partial charge < -0.3 is 5.32 Å². The van der Waals surface area contributed by atoms with Gasteiger partial charge in [0.2, 0.25) is 0 Å². The monoisotopic (exact) mass is 270 g/mol. The van der Waals surface area contributed by atoms with Gasteiger partial charge in [-0.1, -0.05) is 57.7 Å². The summed E-state index contributed by atoms with van der Waals surface area (Å²) >= 11 is 0. The standard InChI is InChI=1S/C18H26N2/c1-3-5-6-7-11-18(20-4-2)17-10-8-9-15-14-19-13-12-16(15)17/h8-10,12-14,18,20H,3-7,11H2,1-2H3. The molecule has 2 heteroatoms. The van der Waals surface area contributed by atoms with Gasteiger partial charge in [-0.15, -0.1) is 0 Å². The first kappa shape index (κ1) is 15.0. The Kier molecular flexibility index (Phi) is 6.00. The highest BCUT2D eigenvalue weighted by molar-refractivity contribution is 5.85. The molecule has 0 aliphatic carbocycles. The third-order valence-corrected chi connectivity index (χ3v) is 3.89. The topological polar surface area (TPSA) is 24.9 Å². The largest absolute Gasteiger partial charge is 0.310 e. The van der Waals surface area contributed by atoms with Crippen LogP contribution in [0.5, 0.6) is 0 Å². The molecule has 1 heterocycles. The second-order valence-corrected chi connectivity index (χ2v) is 5.40. The van der Waals surface area contributed by atoms with Crippen LogP contribution in [0, 0.1) is 0 Å². The van der Waals surface area contributed by atoms with Crippen molar-refractivity contribution >= 4 is 10.8 Å². The van der Waals surface area contributed by atoms with Gasteiger partial charge in [-0.05, 0) is 30.0 Å². The summed E-state index contributed by atoms with van der Waals surface area (Å²) < 4.78 is 0. The summed E-state index contributed by atoms with van der Waals surface area (Å²) in [5.41, 5.74) is 1.42. The van der Waals surface area contributed by atoms with E-state index in [1.54, 1.807) is 0 Å². The van der Waals surface area contributed by atoms with E-state index in [9.17, 15) is 0 Å². The predicted octanol–water partition coefficient (Wildman–Crippen LogP) is 4.86. The van der Waals surface area contributed by atoms with Gasteiger partial charge in [0.15, 0.2) is 0 Å². The number of benzene rings is 1. The van der Waals surface area contributed by atoms with E-state index in [1.807, 2.05) is 12.4 Å². The van der Waals surface area contributed by atoms with Crippen LogP contribution in [0.2, 0.25) is 0 Å². The third kappa shape index (κ3) is 3.80. The van der Waals surface area contributed by atoms with E-state index in [2.05, 4.69) is 48.4 Å². The Labute approximate surface area is 122 Å². The molecule has 0 saturated carbocycles. The zero-order valence-corrected chi connectivity index (χ0v) is 12.7. The van der Waals surface area contributed by atoms with Crippen molar-refractivity contribution in [3.05, 3.63) is 42.2 Å². The first-order valence-corrected chi connectivity index (χ1v) is 7.92. The smallest absolute Gasteiger partial charge is 0.0346 e. The van der Waals surface area contributed by atoms with Crippen molar-refractivity contribution in [3.8, 4) is 0 Å². The maximum Gasteiger partial charge on any atom is 0.0346 e. The molecule has 1 aromatic carbocycles. The molecular weight excluding hydrogens is 244 g/mol. The summed E-state index contributed by atoms with van der Waals surface area (Å²) in [6, 6.07) is 9.15. The Hall–Kier alpha value is -1.41. The molecule has 0 aliphatic rings. The van der Waals surface area contributed by atoms with Gasteiger partial charge in [0.1, 0.15) is 0 Å². The van der Waals surface area contributed by atoms with E-state index in [0.29, 0.717) is 6.04 Å². The van der Waals surface area contributed by atoms with Crippen molar-refractivity contribution in [1.82, 2.24) is 10.3 Å². The van der Waals surface area contributed by atoms with Gasteiger partial charge in [-0.2, -0.15) is 0 Å². The van der Waals surface area contributed by atoms with Crippen LogP contribution in [0.1, 0.15) is 57.6 Å². The molecule has 2 aromatic rings. The van der Waals surface area contributed by atoms with Crippen LogP contribution in [-0.2, 0) is 0 Å². The van der Waals surface area contributed by atoms with Crippen LogP contribution in [0.3, 0.4) is 0 Å². The van der Waals surface area contributed by atoms with E-state index in [4.69, 9.17) is 0 Å². The molecule has 1 N–H and O–H groups in total. The summed E-state index contributed by atoms with van der Waals surface area (Å²) in [7, 11) is 0. The van der Waals surface area contributed by atoms with Gasteiger partial charge in [0.25, 0.3) is 0 Å². The summed E-state index contributed by atoms with van der Waals surface area (Å²) in [6.45, 7) is 5.46. The maximum absolute atomic E-state index is 4.23. The molecule has 0 bridgehead atoms. The van der Waals surface area contributed by atoms with Gasteiger partial charge in [0.05, 0.1) is 0 Å². The molecule has 0 spiro atoms. The Morgan fingerprint density at radius 2 is 2.00 bits per heavy atom. The lowest BCUT2D eigenvalue weighted by atomic mass is 9.95. The van der Waals surface area contributed by atoms with E-state index in [0.717, 1.165) is 6.54 Å². The molecule has 2 nitrogen and oxygen atoms in total. The Bertz CT molecular complexity index is 516. The lowest BCUT2D eigenvalue weighted by molar-refractivity contribution is 0.484. The van der Waals surface area contributed by atoms with Crippen LogP contribution in [-0.4, -0.2) is 11.5 Å². The van der Waals surface area contributed by atoms with Gasteiger partial charge in [0, 0.05) is 23.8 Å². The van der Waals surface area contributed by atoms with Crippen molar-refractivity contribution in [2.24, 2.45) is 0 Å². The zero-order chi connectivity index (χ0) is 14.2. The van der Waals surface area contributed by atoms with E-state index >= 15 is 0 Å². The first-order chi connectivity index (χ1) is 9.86. The van der Waals surface area contributed by atoms with Crippen molar-refractivity contribution in [1.29, 1.82) is 0 Å². The van der Waals surface area contributed by atoms with Crippen LogP contribution < -0.4 is 5.32 Å². The molecule has 0 radical (unpaired) electrons. The van der Waals surface area contributed by atoms with Crippen molar-refractivity contribution in [2.45, 2.75) is 52.0 Å². The minimum Gasteiger partial charge on any atom is -0.310 e. The summed E-state index contributed by atoms with van der Waals surface area (Å²) in [5, 5.41) is 6.22. The zero-order valence-electron chi connectivity index (χ0n) is 12.7. The average Bonchev–Trinajstić information content (AvgIpc) is 2.50. The number of nitrogens with zero attached hydrogens (tertiary/aromatic N) is 1. The Morgan fingerprint density at radius 3 is 2.80 bits per heavy atom. The van der Waals surface area contributed by atoms with Crippen molar-refractivity contribution in [3.63, 3.8) is 0 Å². The van der Waals surface area contributed by atoms with E-state index < -0.39 is 0 Å². The third-order valence-electron chi connectivity index (χ3n) is 3.89. The predicted molar refractivity (Wildman–Crippen MR) is 86.9 cm³/mol. The molecule has 20 heavy (non-hydrogen) atoms. The number of hydrogen-bond donors (Lipinski definition) is 1. The molecule has 2 rings (SSSR count). The quantitative estimate of drug-likeness (QED) is 0.693. The lowest BCUT2D eigenvalue weighted by Crippen LogP contribution is -2.21. The molecule has 1 atom stereocenters. The minimum absolute atomic E-state index is 0.461. The highest BCUT2D eigenvalue weighted by Gasteiger charge is 2.12. The normalized spacial score (nSPS) is 12.7.